The summed E-state index contributed by atoms with van der Waals surface area (Å²) in [6, 6.07) is 10.1. The van der Waals surface area contributed by atoms with Crippen molar-refractivity contribution in [3.05, 3.63) is 35.9 Å². The van der Waals surface area contributed by atoms with Gasteiger partial charge in [-0.2, -0.15) is 0 Å². The predicted molar refractivity (Wildman–Crippen MR) is 98.7 cm³/mol. The van der Waals surface area contributed by atoms with Gasteiger partial charge in [0.2, 0.25) is 15.9 Å². The maximum absolute atomic E-state index is 13.1. The first-order valence-electron chi connectivity index (χ1n) is 9.72. The second-order valence-electron chi connectivity index (χ2n) is 9.15. The molecular formula is C20H26N2O3S. The molecule has 6 rings (SSSR count). The normalized spacial score (nSPS) is 39.6. The Hall–Kier alpha value is -1.40. The minimum absolute atomic E-state index is 0.107. The van der Waals surface area contributed by atoms with Gasteiger partial charge in [0.1, 0.15) is 0 Å². The molecule has 0 radical (unpaired) electrons. The van der Waals surface area contributed by atoms with Gasteiger partial charge >= 0.3 is 0 Å². The quantitative estimate of drug-likeness (QED) is 0.845. The van der Waals surface area contributed by atoms with Crippen LogP contribution in [0.2, 0.25) is 0 Å². The van der Waals surface area contributed by atoms with E-state index in [0.717, 1.165) is 31.2 Å². The van der Waals surface area contributed by atoms with Crippen molar-refractivity contribution in [2.75, 3.05) is 0 Å². The van der Waals surface area contributed by atoms with E-state index < -0.39 is 14.8 Å². The van der Waals surface area contributed by atoms with Gasteiger partial charge in [-0.15, -0.1) is 0 Å². The van der Waals surface area contributed by atoms with Gasteiger partial charge in [0.15, 0.2) is 0 Å². The average molecular weight is 375 g/mol. The molecule has 3 N–H and O–H groups in total. The van der Waals surface area contributed by atoms with Crippen LogP contribution in [0.15, 0.2) is 30.3 Å². The third-order valence-electron chi connectivity index (χ3n) is 7.63. The fraction of sp³-hybridized carbons (Fsp3) is 0.650. The van der Waals surface area contributed by atoms with Crippen LogP contribution in [0.1, 0.15) is 50.5 Å². The fourth-order valence-corrected chi connectivity index (χ4v) is 7.71. The maximum atomic E-state index is 13.1. The number of hydrogen-bond donors (Lipinski definition) is 2. The number of sulfonamides is 1. The molecule has 4 bridgehead atoms. The van der Waals surface area contributed by atoms with Crippen LogP contribution in [-0.4, -0.2) is 25.1 Å². The first-order chi connectivity index (χ1) is 12.3. The third kappa shape index (κ3) is 2.31. The summed E-state index contributed by atoms with van der Waals surface area (Å²) in [6.07, 6.45) is 5.79. The highest BCUT2D eigenvalue weighted by Crippen LogP contribution is 2.58. The zero-order valence-electron chi connectivity index (χ0n) is 14.9. The van der Waals surface area contributed by atoms with E-state index in [1.807, 2.05) is 30.3 Å². The molecule has 1 amide bonds. The number of hydrogen-bond acceptors (Lipinski definition) is 3. The lowest BCUT2D eigenvalue weighted by molar-refractivity contribution is -0.127. The van der Waals surface area contributed by atoms with Gasteiger partial charge in [-0.25, -0.2) is 13.6 Å². The summed E-state index contributed by atoms with van der Waals surface area (Å²) in [5.74, 6) is 1.07. The summed E-state index contributed by atoms with van der Waals surface area (Å²) in [7, 11) is -3.55. The van der Waals surface area contributed by atoms with Crippen molar-refractivity contribution in [2.24, 2.45) is 22.9 Å². The minimum Gasteiger partial charge on any atom is -0.352 e. The first-order valence-corrected chi connectivity index (χ1v) is 11.3. The van der Waals surface area contributed by atoms with Crippen LogP contribution in [0.3, 0.4) is 0 Å². The van der Waals surface area contributed by atoms with E-state index in [4.69, 9.17) is 5.14 Å². The Bertz CT molecular complexity index is 831. The van der Waals surface area contributed by atoms with Crippen LogP contribution >= 0.6 is 0 Å². The molecule has 0 spiro atoms. The Morgan fingerprint density at radius 1 is 1.04 bits per heavy atom. The number of benzene rings is 1. The van der Waals surface area contributed by atoms with Gasteiger partial charge in [0, 0.05) is 6.04 Å². The summed E-state index contributed by atoms with van der Waals surface area (Å²) in [6.45, 7) is 0. The Morgan fingerprint density at radius 2 is 1.65 bits per heavy atom. The highest BCUT2D eigenvalue weighted by molar-refractivity contribution is 7.90. The van der Waals surface area contributed by atoms with Gasteiger partial charge in [-0.05, 0) is 68.3 Å². The summed E-state index contributed by atoms with van der Waals surface area (Å²) in [5, 5.41) is 8.98. The van der Waals surface area contributed by atoms with Crippen LogP contribution in [0.4, 0.5) is 0 Å². The number of nitrogens with two attached hydrogens (primary N) is 1. The van der Waals surface area contributed by atoms with Crippen LogP contribution in [-0.2, 0) is 20.2 Å². The molecule has 0 aromatic heterocycles. The van der Waals surface area contributed by atoms with E-state index in [1.54, 1.807) is 0 Å². The number of rotatable bonds is 4. The van der Waals surface area contributed by atoms with Crippen LogP contribution in [0.5, 0.6) is 0 Å². The van der Waals surface area contributed by atoms with Crippen molar-refractivity contribution in [2.45, 2.75) is 61.1 Å². The van der Waals surface area contributed by atoms with E-state index >= 15 is 0 Å². The van der Waals surface area contributed by atoms with Crippen molar-refractivity contribution in [1.29, 1.82) is 0 Å². The number of primary sulfonamides is 1. The summed E-state index contributed by atoms with van der Waals surface area (Å²) in [4.78, 5) is 13.1. The molecule has 2 unspecified atom stereocenters. The molecule has 5 aliphatic carbocycles. The lowest BCUT2D eigenvalue weighted by Gasteiger charge is -2.58. The van der Waals surface area contributed by atoms with Gasteiger partial charge in [-0.3, -0.25) is 4.79 Å². The van der Waals surface area contributed by atoms with E-state index in [9.17, 15) is 13.2 Å². The van der Waals surface area contributed by atoms with Crippen molar-refractivity contribution < 1.29 is 13.2 Å². The van der Waals surface area contributed by atoms with E-state index in [-0.39, 0.29) is 29.2 Å². The highest BCUT2D eigenvalue weighted by Gasteiger charge is 2.61. The van der Waals surface area contributed by atoms with Gasteiger partial charge < -0.3 is 5.32 Å². The molecule has 1 aromatic rings. The zero-order valence-corrected chi connectivity index (χ0v) is 15.7. The molecule has 140 valence electrons. The molecule has 26 heavy (non-hydrogen) atoms. The Balaban J connectivity index is 1.38. The van der Waals surface area contributed by atoms with Gasteiger partial charge in [0.25, 0.3) is 0 Å². The Morgan fingerprint density at radius 3 is 2.19 bits per heavy atom. The van der Waals surface area contributed by atoms with Crippen molar-refractivity contribution >= 4 is 15.9 Å². The van der Waals surface area contributed by atoms with E-state index in [0.29, 0.717) is 25.2 Å². The minimum atomic E-state index is -3.55. The second kappa shape index (κ2) is 5.32. The number of amides is 1. The zero-order chi connectivity index (χ0) is 18.2. The molecule has 5 fully saturated rings. The largest absolute Gasteiger partial charge is 0.352 e. The number of nitrogens with one attached hydrogen (secondary N) is 1. The van der Waals surface area contributed by atoms with Crippen LogP contribution in [0, 0.1) is 17.8 Å². The molecule has 0 saturated heterocycles. The monoisotopic (exact) mass is 374 g/mol. The topological polar surface area (TPSA) is 89.3 Å². The first kappa shape index (κ1) is 16.8. The molecule has 2 atom stereocenters. The highest BCUT2D eigenvalue weighted by atomic mass is 32.2. The predicted octanol–water partition coefficient (Wildman–Crippen LogP) is 2.07. The molecule has 0 aliphatic heterocycles. The molecular weight excluding hydrogens is 348 g/mol. The standard InChI is InChI=1S/C20H26N2O3S/c21-26(24,25)19-10-13-8-14(11-19)17(15(9-13)12-19)22-18(23)20(6-7-20)16-4-2-1-3-5-16/h1-5,13-15,17H,6-12H2,(H,22,23)(H2,21,24,25). The Labute approximate surface area is 154 Å². The lowest BCUT2D eigenvalue weighted by Crippen LogP contribution is -2.65. The van der Waals surface area contributed by atoms with Crippen molar-refractivity contribution in [3.63, 3.8) is 0 Å². The van der Waals surface area contributed by atoms with Crippen molar-refractivity contribution in [3.8, 4) is 0 Å². The average Bonchev–Trinajstić information content (AvgIpc) is 3.39. The molecule has 5 nitrogen and oxygen atoms in total. The van der Waals surface area contributed by atoms with E-state index in [1.165, 1.54) is 0 Å². The van der Waals surface area contributed by atoms with E-state index in [2.05, 4.69) is 5.32 Å². The summed E-state index contributed by atoms with van der Waals surface area (Å²) in [5.41, 5.74) is 0.732. The van der Waals surface area contributed by atoms with Crippen molar-refractivity contribution in [1.82, 2.24) is 5.32 Å². The lowest BCUT2D eigenvalue weighted by atomic mass is 9.53. The molecule has 5 saturated carbocycles. The molecule has 0 heterocycles. The van der Waals surface area contributed by atoms with Gasteiger partial charge in [-0.1, -0.05) is 30.3 Å². The van der Waals surface area contributed by atoms with Crippen LogP contribution in [0.25, 0.3) is 0 Å². The SMILES string of the molecule is NS(=O)(=O)C12CC3CC(C1)C(NC(=O)C1(c4ccccc4)CC1)C(C3)C2. The summed E-state index contributed by atoms with van der Waals surface area (Å²) < 4.78 is 23.8. The smallest absolute Gasteiger partial charge is 0.230 e. The fourth-order valence-electron chi connectivity index (χ4n) is 6.35. The number of carbonyl (C=O) groups is 1. The molecule has 6 heteroatoms. The summed E-state index contributed by atoms with van der Waals surface area (Å²) >= 11 is 0. The number of carbonyl (C=O) groups excluding carboxylic acids is 1. The molecule has 1 aromatic carbocycles. The van der Waals surface area contributed by atoms with Crippen LogP contribution < -0.4 is 10.5 Å². The second-order valence-corrected chi connectivity index (χ2v) is 11.1. The maximum Gasteiger partial charge on any atom is 0.230 e. The Kier molecular flexibility index (Phi) is 3.43. The molecule has 5 aliphatic rings. The van der Waals surface area contributed by atoms with Gasteiger partial charge in [0.05, 0.1) is 10.2 Å². The third-order valence-corrected chi connectivity index (χ3v) is 9.34.